The number of amides is 6. The van der Waals surface area contributed by atoms with E-state index in [1.54, 1.807) is 0 Å². The number of alkyl halides is 1. The van der Waals surface area contributed by atoms with Gasteiger partial charge in [0.15, 0.2) is 0 Å². The van der Waals surface area contributed by atoms with Crippen LogP contribution in [0.25, 0.3) is 0 Å². The molecule has 4 atom stereocenters. The molecule has 0 spiro atoms. The first-order chi connectivity index (χ1) is 13.8. The number of nitrogens with zero attached hydrogens (tertiary/aromatic N) is 3. The van der Waals surface area contributed by atoms with Crippen LogP contribution in [0.2, 0.25) is 0 Å². The Bertz CT molecular complexity index is 797. The van der Waals surface area contributed by atoms with Gasteiger partial charge in [-0.25, -0.2) is 14.1 Å². The summed E-state index contributed by atoms with van der Waals surface area (Å²) in [5.41, 5.74) is 0. The van der Waals surface area contributed by atoms with Gasteiger partial charge in [0.2, 0.25) is 11.8 Å². The third-order valence-electron chi connectivity index (χ3n) is 6.07. The van der Waals surface area contributed by atoms with Crippen molar-refractivity contribution in [2.24, 2.45) is 17.8 Å². The minimum absolute atomic E-state index is 0.0346. The van der Waals surface area contributed by atoms with E-state index in [9.17, 15) is 28.4 Å². The van der Waals surface area contributed by atoms with Gasteiger partial charge in [0.05, 0.1) is 12.6 Å². The fourth-order valence-corrected chi connectivity index (χ4v) is 4.17. The maximum Gasteiger partial charge on any atom is 0.335 e. The predicted octanol–water partition coefficient (Wildman–Crippen LogP) is -0.326. The monoisotopic (exact) mass is 406 g/mol. The van der Waals surface area contributed by atoms with Crippen molar-refractivity contribution in [3.05, 3.63) is 12.7 Å². The molecule has 4 aliphatic rings. The third-order valence-corrected chi connectivity index (χ3v) is 6.07. The Balaban J connectivity index is 1.31. The van der Waals surface area contributed by atoms with Gasteiger partial charge in [-0.05, 0) is 31.1 Å². The number of hydrogen-bond acceptors (Lipinski definition) is 5. The van der Waals surface area contributed by atoms with Crippen LogP contribution < -0.4 is 5.32 Å². The normalized spacial score (nSPS) is 31.5. The summed E-state index contributed by atoms with van der Waals surface area (Å²) in [6.07, 6.45) is 3.03. The molecule has 9 nitrogen and oxygen atoms in total. The number of nitrogens with one attached hydrogen (secondary N) is 1. The molecule has 1 N–H and O–H groups in total. The zero-order valence-electron chi connectivity index (χ0n) is 15.9. The maximum absolute atomic E-state index is 14.4. The first kappa shape index (κ1) is 19.5. The highest BCUT2D eigenvalue weighted by molar-refractivity contribution is 6.45. The number of hydrogen-bond donors (Lipinski definition) is 1. The van der Waals surface area contributed by atoms with Crippen LogP contribution in [0.5, 0.6) is 0 Å². The van der Waals surface area contributed by atoms with Gasteiger partial charge in [0.1, 0.15) is 12.7 Å². The van der Waals surface area contributed by atoms with Gasteiger partial charge in [-0.2, -0.15) is 0 Å². The molecule has 0 unspecified atom stereocenters. The van der Waals surface area contributed by atoms with Crippen molar-refractivity contribution in [2.45, 2.75) is 31.5 Å². The van der Waals surface area contributed by atoms with Gasteiger partial charge < -0.3 is 10.2 Å². The summed E-state index contributed by atoms with van der Waals surface area (Å²) in [7, 11) is 0. The Morgan fingerprint density at radius 1 is 1.14 bits per heavy atom. The standard InChI is InChI=1S/C19H23FN4O5/c1-2-5-23-17(27)18(28)24(19(23)29)9-15(25)22-7-13(20)14(8-22)21-16(26)12-6-11(12)10-3-4-10/h2,10-14H,1,3-9H2,(H,21,26)/t11-,12+,13+,14-/m0/s1. The number of rotatable bonds is 7. The summed E-state index contributed by atoms with van der Waals surface area (Å²) in [6.45, 7) is 2.37. The van der Waals surface area contributed by atoms with Crippen molar-refractivity contribution in [1.29, 1.82) is 0 Å². The van der Waals surface area contributed by atoms with Gasteiger partial charge in [-0.3, -0.25) is 24.1 Å². The zero-order chi connectivity index (χ0) is 20.9. The molecule has 0 aromatic heterocycles. The summed E-state index contributed by atoms with van der Waals surface area (Å²) in [4.78, 5) is 63.2. The van der Waals surface area contributed by atoms with Crippen LogP contribution in [0.15, 0.2) is 12.7 Å². The molecule has 4 rings (SSSR count). The van der Waals surface area contributed by atoms with Gasteiger partial charge in [0.25, 0.3) is 0 Å². The molecule has 2 saturated heterocycles. The van der Waals surface area contributed by atoms with Crippen LogP contribution in [0.1, 0.15) is 19.3 Å². The van der Waals surface area contributed by atoms with Gasteiger partial charge >= 0.3 is 17.8 Å². The molecule has 10 heteroatoms. The van der Waals surface area contributed by atoms with Gasteiger partial charge in [-0.15, -0.1) is 6.58 Å². The lowest BCUT2D eigenvalue weighted by Gasteiger charge is -2.20. The second kappa shape index (κ2) is 7.23. The quantitative estimate of drug-likeness (QED) is 0.354. The Morgan fingerprint density at radius 2 is 1.83 bits per heavy atom. The number of halogens is 1. The first-order valence-electron chi connectivity index (χ1n) is 9.82. The summed E-state index contributed by atoms with van der Waals surface area (Å²) < 4.78 is 14.4. The van der Waals surface area contributed by atoms with Gasteiger partial charge in [0, 0.05) is 19.0 Å². The average Bonchev–Trinajstić information content (AvgIpc) is 3.58. The minimum Gasteiger partial charge on any atom is -0.348 e. The van der Waals surface area contributed by atoms with E-state index < -0.39 is 42.5 Å². The van der Waals surface area contributed by atoms with Crippen LogP contribution in [0.4, 0.5) is 9.18 Å². The summed E-state index contributed by atoms with van der Waals surface area (Å²) in [5.74, 6) is -1.94. The Morgan fingerprint density at radius 3 is 2.48 bits per heavy atom. The molecule has 2 saturated carbocycles. The van der Waals surface area contributed by atoms with Crippen LogP contribution in [-0.2, 0) is 19.2 Å². The fraction of sp³-hybridized carbons (Fsp3) is 0.632. The number of imide groups is 2. The second-order valence-corrected chi connectivity index (χ2v) is 8.15. The lowest BCUT2D eigenvalue weighted by Crippen LogP contribution is -2.45. The highest BCUT2D eigenvalue weighted by Crippen LogP contribution is 2.54. The summed E-state index contributed by atoms with van der Waals surface area (Å²) >= 11 is 0. The number of urea groups is 1. The van der Waals surface area contributed by atoms with Crippen LogP contribution in [0.3, 0.4) is 0 Å². The lowest BCUT2D eigenvalue weighted by atomic mass is 10.2. The Labute approximate surface area is 166 Å². The van der Waals surface area contributed by atoms with Crippen molar-refractivity contribution < 1.29 is 28.4 Å². The molecule has 156 valence electrons. The molecule has 29 heavy (non-hydrogen) atoms. The van der Waals surface area contributed by atoms with E-state index in [4.69, 9.17) is 0 Å². The summed E-state index contributed by atoms with van der Waals surface area (Å²) in [5, 5.41) is 2.70. The summed E-state index contributed by atoms with van der Waals surface area (Å²) in [6, 6.07) is -1.70. The molecule has 2 heterocycles. The van der Waals surface area contributed by atoms with Crippen LogP contribution >= 0.6 is 0 Å². The van der Waals surface area contributed by atoms with E-state index in [2.05, 4.69) is 11.9 Å². The fourth-order valence-electron chi connectivity index (χ4n) is 4.17. The molecule has 2 aliphatic heterocycles. The van der Waals surface area contributed by atoms with Crippen molar-refractivity contribution in [2.75, 3.05) is 26.2 Å². The van der Waals surface area contributed by atoms with Crippen LogP contribution in [0, 0.1) is 17.8 Å². The Kier molecular flexibility index (Phi) is 4.87. The molecule has 0 radical (unpaired) electrons. The second-order valence-electron chi connectivity index (χ2n) is 8.15. The Hall–Kier alpha value is -2.78. The molecule has 2 aliphatic carbocycles. The third kappa shape index (κ3) is 3.63. The largest absolute Gasteiger partial charge is 0.348 e. The molecule has 0 bridgehead atoms. The van der Waals surface area contributed by atoms with Crippen molar-refractivity contribution in [3.8, 4) is 0 Å². The smallest absolute Gasteiger partial charge is 0.335 e. The van der Waals surface area contributed by atoms with E-state index in [1.807, 2.05) is 0 Å². The molecular formula is C19H23FN4O5. The topological polar surface area (TPSA) is 107 Å². The van der Waals surface area contributed by atoms with Crippen LogP contribution in [-0.4, -0.2) is 82.8 Å². The van der Waals surface area contributed by atoms with E-state index in [-0.39, 0.29) is 31.5 Å². The highest BCUT2D eigenvalue weighted by atomic mass is 19.1. The molecule has 6 amide bonds. The zero-order valence-corrected chi connectivity index (χ0v) is 15.9. The van der Waals surface area contributed by atoms with Crippen molar-refractivity contribution in [3.63, 3.8) is 0 Å². The lowest BCUT2D eigenvalue weighted by molar-refractivity contribution is -0.144. The molecule has 0 aromatic carbocycles. The minimum atomic E-state index is -1.43. The predicted molar refractivity (Wildman–Crippen MR) is 96.7 cm³/mol. The van der Waals surface area contributed by atoms with E-state index in [0.717, 1.165) is 19.3 Å². The number of likely N-dealkylation sites (tertiary alicyclic amines) is 1. The molecular weight excluding hydrogens is 383 g/mol. The SMILES string of the molecule is C=CCN1C(=O)C(=O)N(CC(=O)N2C[C@@H](F)[C@@H](NC(=O)[C@@H]3C[C@H]3C3CC3)C2)C1=O. The molecule has 0 aromatic rings. The van der Waals surface area contributed by atoms with Crippen molar-refractivity contribution >= 4 is 29.7 Å². The van der Waals surface area contributed by atoms with E-state index in [0.29, 0.717) is 21.6 Å². The number of carbonyl (C=O) groups excluding carboxylic acids is 5. The number of carbonyl (C=O) groups is 5. The van der Waals surface area contributed by atoms with Gasteiger partial charge in [-0.1, -0.05) is 6.08 Å². The average molecular weight is 406 g/mol. The molecule has 4 fully saturated rings. The van der Waals surface area contributed by atoms with E-state index >= 15 is 0 Å². The highest BCUT2D eigenvalue weighted by Gasteiger charge is 2.52. The van der Waals surface area contributed by atoms with E-state index in [1.165, 1.54) is 11.0 Å². The van der Waals surface area contributed by atoms with Crippen molar-refractivity contribution in [1.82, 2.24) is 20.0 Å². The maximum atomic E-state index is 14.4. The first-order valence-corrected chi connectivity index (χ1v) is 9.82.